The molecule has 2 N–H and O–H groups in total. The fourth-order valence-electron chi connectivity index (χ4n) is 2.28. The van der Waals surface area contributed by atoms with Crippen LogP contribution in [0.15, 0.2) is 54.7 Å². The maximum Gasteiger partial charge on any atom is 0.277 e. The van der Waals surface area contributed by atoms with Crippen molar-refractivity contribution >= 4 is 23.1 Å². The van der Waals surface area contributed by atoms with Crippen LogP contribution in [0.2, 0.25) is 0 Å². The third-order valence-electron chi connectivity index (χ3n) is 3.49. The summed E-state index contributed by atoms with van der Waals surface area (Å²) in [6, 6.07) is 15.0. The first-order valence-corrected chi connectivity index (χ1v) is 7.73. The van der Waals surface area contributed by atoms with Gasteiger partial charge in [-0.3, -0.25) is 4.79 Å². The fourth-order valence-corrected chi connectivity index (χ4v) is 2.28. The number of rotatable bonds is 4. The molecule has 7 heteroatoms. The number of aromatic nitrogens is 2. The number of nitriles is 1. The van der Waals surface area contributed by atoms with E-state index < -0.39 is 11.7 Å². The molecule has 3 rings (SSSR count). The third kappa shape index (κ3) is 3.99. The van der Waals surface area contributed by atoms with Crippen molar-refractivity contribution in [3.05, 3.63) is 77.5 Å². The van der Waals surface area contributed by atoms with Crippen molar-refractivity contribution in [1.82, 2.24) is 9.97 Å². The van der Waals surface area contributed by atoms with E-state index in [0.717, 1.165) is 6.20 Å². The van der Waals surface area contributed by atoms with Crippen molar-refractivity contribution in [2.24, 2.45) is 0 Å². The molecule has 0 atom stereocenters. The number of halogens is 1. The van der Waals surface area contributed by atoms with Gasteiger partial charge in [0, 0.05) is 11.4 Å². The predicted molar refractivity (Wildman–Crippen MR) is 95.6 cm³/mol. The molecule has 128 valence electrons. The van der Waals surface area contributed by atoms with Gasteiger partial charge in [-0.15, -0.1) is 0 Å². The Morgan fingerprint density at radius 1 is 1.19 bits per heavy atom. The van der Waals surface area contributed by atoms with Gasteiger partial charge in [0.25, 0.3) is 5.91 Å². The highest BCUT2D eigenvalue weighted by Gasteiger charge is 2.15. The number of carbonyl (C=O) groups excluding carboxylic acids is 1. The Labute approximate surface area is 149 Å². The molecule has 0 aliphatic rings. The average molecular weight is 347 g/mol. The SMILES string of the molecule is Cc1ccc(Nc2cccc(C#N)c2)c(C(=O)Nc2ccc(F)cn2)n1. The summed E-state index contributed by atoms with van der Waals surface area (Å²) in [6.07, 6.45) is 1.02. The van der Waals surface area contributed by atoms with Crippen molar-refractivity contribution in [3.8, 4) is 6.07 Å². The van der Waals surface area contributed by atoms with Crippen LogP contribution >= 0.6 is 0 Å². The monoisotopic (exact) mass is 347 g/mol. The number of carbonyl (C=O) groups is 1. The summed E-state index contributed by atoms with van der Waals surface area (Å²) >= 11 is 0. The topological polar surface area (TPSA) is 90.7 Å². The molecule has 1 aromatic carbocycles. The van der Waals surface area contributed by atoms with E-state index in [-0.39, 0.29) is 11.5 Å². The second kappa shape index (κ2) is 7.40. The number of amides is 1. The van der Waals surface area contributed by atoms with Crippen LogP contribution in [0.4, 0.5) is 21.6 Å². The molecule has 0 fully saturated rings. The minimum absolute atomic E-state index is 0.165. The van der Waals surface area contributed by atoms with Gasteiger partial charge in [0.15, 0.2) is 5.69 Å². The number of hydrogen-bond donors (Lipinski definition) is 2. The number of aryl methyl sites for hydroxylation is 1. The van der Waals surface area contributed by atoms with Gasteiger partial charge in [-0.05, 0) is 49.4 Å². The molecular weight excluding hydrogens is 333 g/mol. The molecule has 0 aliphatic heterocycles. The molecule has 0 saturated heterocycles. The first kappa shape index (κ1) is 17.0. The summed E-state index contributed by atoms with van der Waals surface area (Å²) in [7, 11) is 0. The standard InChI is InChI=1S/C19H14FN5O/c1-12-5-7-16(24-15-4-2-3-13(9-15)10-21)18(23-12)19(26)25-17-8-6-14(20)11-22-17/h2-9,11,24H,1H3,(H,22,25,26). The Bertz CT molecular complexity index is 996. The van der Waals surface area contributed by atoms with E-state index >= 15 is 0 Å². The van der Waals surface area contributed by atoms with Crippen LogP contribution in [0, 0.1) is 24.1 Å². The molecule has 0 bridgehead atoms. The van der Waals surface area contributed by atoms with Gasteiger partial charge in [-0.1, -0.05) is 6.07 Å². The first-order chi connectivity index (χ1) is 12.5. The normalized spacial score (nSPS) is 10.0. The smallest absolute Gasteiger partial charge is 0.277 e. The van der Waals surface area contributed by atoms with Gasteiger partial charge in [0.1, 0.15) is 11.6 Å². The Morgan fingerprint density at radius 2 is 2.04 bits per heavy atom. The second-order valence-corrected chi connectivity index (χ2v) is 5.48. The third-order valence-corrected chi connectivity index (χ3v) is 3.49. The lowest BCUT2D eigenvalue weighted by atomic mass is 10.2. The predicted octanol–water partition coefficient (Wildman–Crippen LogP) is 3.79. The second-order valence-electron chi connectivity index (χ2n) is 5.48. The Morgan fingerprint density at radius 3 is 2.77 bits per heavy atom. The van der Waals surface area contributed by atoms with Gasteiger partial charge in [-0.25, -0.2) is 14.4 Å². The Hall–Kier alpha value is -3.79. The quantitative estimate of drug-likeness (QED) is 0.749. The molecule has 6 nitrogen and oxygen atoms in total. The van der Waals surface area contributed by atoms with E-state index in [1.54, 1.807) is 43.3 Å². The molecule has 0 spiro atoms. The van der Waals surface area contributed by atoms with Crippen LogP contribution in [-0.4, -0.2) is 15.9 Å². The number of anilines is 3. The van der Waals surface area contributed by atoms with Crippen molar-refractivity contribution in [2.45, 2.75) is 6.92 Å². The molecule has 2 aromatic heterocycles. The number of hydrogen-bond acceptors (Lipinski definition) is 5. The van der Waals surface area contributed by atoms with E-state index in [1.165, 1.54) is 12.1 Å². The van der Waals surface area contributed by atoms with E-state index in [2.05, 4.69) is 26.7 Å². The van der Waals surface area contributed by atoms with E-state index in [4.69, 9.17) is 5.26 Å². The van der Waals surface area contributed by atoms with Gasteiger partial charge < -0.3 is 10.6 Å². The lowest BCUT2D eigenvalue weighted by molar-refractivity contribution is 0.102. The Kier molecular flexibility index (Phi) is 4.85. The summed E-state index contributed by atoms with van der Waals surface area (Å²) in [5.74, 6) is -0.750. The van der Waals surface area contributed by atoms with Crippen molar-refractivity contribution in [3.63, 3.8) is 0 Å². The van der Waals surface area contributed by atoms with Crippen LogP contribution in [0.25, 0.3) is 0 Å². The van der Waals surface area contributed by atoms with Crippen molar-refractivity contribution < 1.29 is 9.18 Å². The number of nitrogens with one attached hydrogen (secondary N) is 2. The molecule has 1 amide bonds. The molecule has 3 aromatic rings. The molecule has 26 heavy (non-hydrogen) atoms. The summed E-state index contributed by atoms with van der Waals surface area (Å²) < 4.78 is 12.9. The highest BCUT2D eigenvalue weighted by atomic mass is 19.1. The largest absolute Gasteiger partial charge is 0.354 e. The highest BCUT2D eigenvalue weighted by molar-refractivity contribution is 6.06. The fraction of sp³-hybridized carbons (Fsp3) is 0.0526. The Balaban J connectivity index is 1.88. The summed E-state index contributed by atoms with van der Waals surface area (Å²) in [6.45, 7) is 1.77. The van der Waals surface area contributed by atoms with E-state index in [1.807, 2.05) is 0 Å². The molecule has 0 radical (unpaired) electrons. The average Bonchev–Trinajstić information content (AvgIpc) is 2.65. The van der Waals surface area contributed by atoms with Gasteiger partial charge >= 0.3 is 0 Å². The van der Waals surface area contributed by atoms with Crippen LogP contribution in [0.3, 0.4) is 0 Å². The maximum atomic E-state index is 12.9. The lowest BCUT2D eigenvalue weighted by Gasteiger charge is -2.12. The zero-order chi connectivity index (χ0) is 18.5. The molecule has 2 heterocycles. The number of nitrogens with zero attached hydrogens (tertiary/aromatic N) is 3. The van der Waals surface area contributed by atoms with Gasteiger partial charge in [-0.2, -0.15) is 5.26 Å². The highest BCUT2D eigenvalue weighted by Crippen LogP contribution is 2.22. The summed E-state index contributed by atoms with van der Waals surface area (Å²) in [4.78, 5) is 20.7. The van der Waals surface area contributed by atoms with Crippen LogP contribution in [-0.2, 0) is 0 Å². The summed E-state index contributed by atoms with van der Waals surface area (Å²) in [5.41, 5.74) is 2.46. The van der Waals surface area contributed by atoms with Crippen molar-refractivity contribution in [2.75, 3.05) is 10.6 Å². The van der Waals surface area contributed by atoms with E-state index in [9.17, 15) is 9.18 Å². The van der Waals surface area contributed by atoms with Crippen molar-refractivity contribution in [1.29, 1.82) is 5.26 Å². The van der Waals surface area contributed by atoms with Crippen LogP contribution in [0.5, 0.6) is 0 Å². The minimum Gasteiger partial charge on any atom is -0.354 e. The van der Waals surface area contributed by atoms with Crippen LogP contribution < -0.4 is 10.6 Å². The van der Waals surface area contributed by atoms with Crippen LogP contribution in [0.1, 0.15) is 21.7 Å². The lowest BCUT2D eigenvalue weighted by Crippen LogP contribution is -2.17. The first-order valence-electron chi connectivity index (χ1n) is 7.73. The molecule has 0 aliphatic carbocycles. The number of pyridine rings is 2. The van der Waals surface area contributed by atoms with Gasteiger partial charge in [0.2, 0.25) is 0 Å². The zero-order valence-corrected chi connectivity index (χ0v) is 13.8. The maximum absolute atomic E-state index is 12.9. The van der Waals surface area contributed by atoms with E-state index in [0.29, 0.717) is 22.6 Å². The van der Waals surface area contributed by atoms with Gasteiger partial charge in [0.05, 0.1) is 23.5 Å². The molecule has 0 saturated carbocycles. The number of benzene rings is 1. The summed E-state index contributed by atoms with van der Waals surface area (Å²) in [5, 5.41) is 14.7. The zero-order valence-electron chi connectivity index (χ0n) is 13.8. The molecule has 0 unspecified atom stereocenters. The molecular formula is C19H14FN5O. The minimum atomic E-state index is -0.489.